The van der Waals surface area contributed by atoms with Gasteiger partial charge < -0.3 is 5.32 Å². The molecule has 2 rings (SSSR count). The highest BCUT2D eigenvalue weighted by molar-refractivity contribution is 8.00. The highest BCUT2D eigenvalue weighted by Crippen LogP contribution is 2.36. The van der Waals surface area contributed by atoms with E-state index in [1.807, 2.05) is 11.8 Å². The average Bonchev–Trinajstić information content (AvgIpc) is 2.37. The zero-order valence-corrected chi connectivity index (χ0v) is 12.0. The van der Waals surface area contributed by atoms with Crippen molar-refractivity contribution in [2.75, 3.05) is 11.5 Å². The molecule has 1 unspecified atom stereocenters. The van der Waals surface area contributed by atoms with Gasteiger partial charge in [0, 0.05) is 23.2 Å². The number of hydrogen-bond donors (Lipinski definition) is 1. The fourth-order valence-electron chi connectivity index (χ4n) is 1.97. The summed E-state index contributed by atoms with van der Waals surface area (Å²) in [5.74, 6) is 2.36. The third-order valence-corrected chi connectivity index (χ3v) is 4.87. The first kappa shape index (κ1) is 15.1. The summed E-state index contributed by atoms with van der Waals surface area (Å²) in [5.41, 5.74) is -3.18. The second-order valence-electron chi connectivity index (χ2n) is 4.49. The SMILES string of the molecule is FC(F)(F)Sc1ccc(CNC2CCCSC2)cc1. The Morgan fingerprint density at radius 2 is 2.00 bits per heavy atom. The first-order valence-corrected chi connectivity index (χ1v) is 8.16. The maximum atomic E-state index is 12.2. The molecule has 0 saturated carbocycles. The summed E-state index contributed by atoms with van der Waals surface area (Å²) < 4.78 is 36.5. The molecule has 1 aromatic rings. The number of halogens is 3. The van der Waals surface area contributed by atoms with E-state index in [-0.39, 0.29) is 16.7 Å². The summed E-state index contributed by atoms with van der Waals surface area (Å²) in [5, 5.41) is 3.46. The molecule has 6 heteroatoms. The van der Waals surface area contributed by atoms with E-state index < -0.39 is 5.51 Å². The molecule has 0 amide bonds. The van der Waals surface area contributed by atoms with E-state index in [0.29, 0.717) is 6.04 Å². The fraction of sp³-hybridized carbons (Fsp3) is 0.538. The Morgan fingerprint density at radius 3 is 2.58 bits per heavy atom. The lowest BCUT2D eigenvalue weighted by Crippen LogP contribution is -2.33. The smallest absolute Gasteiger partial charge is 0.309 e. The Hall–Kier alpha value is -0.330. The van der Waals surface area contributed by atoms with Gasteiger partial charge in [-0.25, -0.2) is 0 Å². The number of hydrogen-bond acceptors (Lipinski definition) is 3. The van der Waals surface area contributed by atoms with E-state index in [9.17, 15) is 13.2 Å². The van der Waals surface area contributed by atoms with Crippen LogP contribution in [0.5, 0.6) is 0 Å². The van der Waals surface area contributed by atoms with Crippen molar-refractivity contribution in [1.82, 2.24) is 5.32 Å². The molecule has 1 heterocycles. The van der Waals surface area contributed by atoms with Gasteiger partial charge in [0.25, 0.3) is 0 Å². The van der Waals surface area contributed by atoms with E-state index in [1.165, 1.54) is 30.7 Å². The van der Waals surface area contributed by atoms with Crippen molar-refractivity contribution < 1.29 is 13.2 Å². The molecule has 0 aliphatic carbocycles. The van der Waals surface area contributed by atoms with Gasteiger partial charge >= 0.3 is 5.51 Å². The van der Waals surface area contributed by atoms with Crippen molar-refractivity contribution in [3.63, 3.8) is 0 Å². The monoisotopic (exact) mass is 307 g/mol. The first-order valence-electron chi connectivity index (χ1n) is 6.19. The van der Waals surface area contributed by atoms with Gasteiger partial charge in [-0.05, 0) is 48.1 Å². The number of rotatable bonds is 4. The molecule has 1 aliphatic heterocycles. The van der Waals surface area contributed by atoms with Gasteiger partial charge in [0.05, 0.1) is 0 Å². The lowest BCUT2D eigenvalue weighted by Gasteiger charge is -2.22. The molecule has 0 spiro atoms. The van der Waals surface area contributed by atoms with Gasteiger partial charge in [-0.2, -0.15) is 24.9 Å². The molecule has 1 N–H and O–H groups in total. The summed E-state index contributed by atoms with van der Waals surface area (Å²) >= 11 is 1.89. The Balaban J connectivity index is 1.81. The Labute approximate surface area is 119 Å². The predicted molar refractivity (Wildman–Crippen MR) is 75.5 cm³/mol. The Kier molecular flexibility index (Phi) is 5.47. The van der Waals surface area contributed by atoms with Crippen molar-refractivity contribution in [3.05, 3.63) is 29.8 Å². The van der Waals surface area contributed by atoms with Crippen LogP contribution >= 0.6 is 23.5 Å². The topological polar surface area (TPSA) is 12.0 Å². The van der Waals surface area contributed by atoms with Crippen molar-refractivity contribution in [3.8, 4) is 0 Å². The van der Waals surface area contributed by atoms with Crippen LogP contribution < -0.4 is 5.32 Å². The van der Waals surface area contributed by atoms with E-state index in [4.69, 9.17) is 0 Å². The summed E-state index contributed by atoms with van der Waals surface area (Å²) in [6.07, 6.45) is 2.43. The van der Waals surface area contributed by atoms with E-state index in [1.54, 1.807) is 12.1 Å². The molecule has 1 atom stereocenters. The zero-order chi connectivity index (χ0) is 13.7. The maximum absolute atomic E-state index is 12.2. The van der Waals surface area contributed by atoms with Crippen LogP contribution in [-0.4, -0.2) is 23.1 Å². The van der Waals surface area contributed by atoms with Crippen LogP contribution in [0.1, 0.15) is 18.4 Å². The summed E-state index contributed by atoms with van der Waals surface area (Å²) in [4.78, 5) is 0.240. The standard InChI is InChI=1S/C13H16F3NS2/c14-13(15,16)19-12-5-3-10(4-6-12)8-17-11-2-1-7-18-9-11/h3-6,11,17H,1-2,7-9H2. The van der Waals surface area contributed by atoms with Gasteiger partial charge in [-0.1, -0.05) is 12.1 Å². The molecule has 1 saturated heterocycles. The highest BCUT2D eigenvalue weighted by Gasteiger charge is 2.28. The molecule has 19 heavy (non-hydrogen) atoms. The number of alkyl halides is 3. The quantitative estimate of drug-likeness (QED) is 0.834. The summed E-state index contributed by atoms with van der Waals surface area (Å²) in [6, 6.07) is 7.12. The van der Waals surface area contributed by atoms with Crippen molar-refractivity contribution in [1.29, 1.82) is 0 Å². The molecule has 0 aromatic heterocycles. The molecule has 0 radical (unpaired) electrons. The molecule has 106 valence electrons. The van der Waals surface area contributed by atoms with Crippen LogP contribution in [0.15, 0.2) is 29.2 Å². The lowest BCUT2D eigenvalue weighted by molar-refractivity contribution is -0.0328. The molecule has 1 nitrogen and oxygen atoms in total. The van der Waals surface area contributed by atoms with Gasteiger partial charge in [0.1, 0.15) is 0 Å². The van der Waals surface area contributed by atoms with Crippen molar-refractivity contribution >= 4 is 23.5 Å². The van der Waals surface area contributed by atoms with Crippen LogP contribution in [0.4, 0.5) is 13.2 Å². The van der Waals surface area contributed by atoms with Crippen LogP contribution in [0.25, 0.3) is 0 Å². The van der Waals surface area contributed by atoms with Crippen LogP contribution in [0.3, 0.4) is 0 Å². The first-order chi connectivity index (χ1) is 9.03. The Bertz CT molecular complexity index is 386. The zero-order valence-electron chi connectivity index (χ0n) is 10.4. The van der Waals surface area contributed by atoms with Crippen molar-refractivity contribution in [2.45, 2.75) is 35.8 Å². The normalized spacial score (nSPS) is 20.5. The minimum absolute atomic E-state index is 0.0681. The van der Waals surface area contributed by atoms with Crippen LogP contribution in [-0.2, 0) is 6.54 Å². The third kappa shape index (κ3) is 5.67. The predicted octanol–water partition coefficient (Wildman–Crippen LogP) is 4.28. The minimum atomic E-state index is -4.21. The third-order valence-electron chi connectivity index (χ3n) is 2.91. The number of thioether (sulfide) groups is 2. The van der Waals surface area contributed by atoms with E-state index in [0.717, 1.165) is 17.9 Å². The molecule has 1 aliphatic rings. The van der Waals surface area contributed by atoms with Crippen LogP contribution in [0, 0.1) is 0 Å². The van der Waals surface area contributed by atoms with Crippen LogP contribution in [0.2, 0.25) is 0 Å². The number of nitrogens with one attached hydrogen (secondary N) is 1. The largest absolute Gasteiger partial charge is 0.446 e. The highest BCUT2D eigenvalue weighted by atomic mass is 32.2. The molecule has 1 aromatic carbocycles. The van der Waals surface area contributed by atoms with Gasteiger partial charge in [0.2, 0.25) is 0 Å². The molecular formula is C13H16F3NS2. The summed E-state index contributed by atoms with van der Waals surface area (Å²) in [6.45, 7) is 0.724. The average molecular weight is 307 g/mol. The van der Waals surface area contributed by atoms with Gasteiger partial charge in [0.15, 0.2) is 0 Å². The van der Waals surface area contributed by atoms with Crippen molar-refractivity contribution in [2.24, 2.45) is 0 Å². The van der Waals surface area contributed by atoms with E-state index in [2.05, 4.69) is 5.32 Å². The number of benzene rings is 1. The molecule has 1 fully saturated rings. The second-order valence-corrected chi connectivity index (χ2v) is 6.77. The molecule has 0 bridgehead atoms. The second kappa shape index (κ2) is 6.90. The van der Waals surface area contributed by atoms with Gasteiger partial charge in [-0.3, -0.25) is 0 Å². The molecular weight excluding hydrogens is 291 g/mol. The lowest BCUT2D eigenvalue weighted by atomic mass is 10.1. The minimum Gasteiger partial charge on any atom is -0.309 e. The fourth-order valence-corrected chi connectivity index (χ4v) is 3.62. The Morgan fingerprint density at radius 1 is 1.26 bits per heavy atom. The summed E-state index contributed by atoms with van der Waals surface area (Å²) in [7, 11) is 0. The van der Waals surface area contributed by atoms with Gasteiger partial charge in [-0.15, -0.1) is 0 Å². The maximum Gasteiger partial charge on any atom is 0.446 e. The van der Waals surface area contributed by atoms with E-state index >= 15 is 0 Å².